The van der Waals surface area contributed by atoms with E-state index in [0.717, 1.165) is 16.8 Å². The molecule has 2 aromatic carbocycles. The van der Waals surface area contributed by atoms with E-state index < -0.39 is 17.7 Å². The number of carboxylic acid groups (broad SMARTS) is 1. The largest absolute Gasteiger partial charge is 0.478 e. The molecule has 0 radical (unpaired) electrons. The lowest BCUT2D eigenvalue weighted by atomic mass is 9.93. The van der Waals surface area contributed by atoms with Crippen LogP contribution >= 0.6 is 11.6 Å². The molecule has 1 atom stereocenters. The molecule has 0 saturated carbocycles. The van der Waals surface area contributed by atoms with Gasteiger partial charge in [0.25, 0.3) is 0 Å². The molecule has 1 aliphatic rings. The molecule has 0 saturated heterocycles. The summed E-state index contributed by atoms with van der Waals surface area (Å²) in [6.07, 6.45) is 0.294. The normalized spacial score (nSPS) is 13.8. The maximum Gasteiger partial charge on any atom is 0.335 e. The van der Waals surface area contributed by atoms with Crippen molar-refractivity contribution in [1.29, 1.82) is 0 Å². The van der Waals surface area contributed by atoms with Crippen molar-refractivity contribution in [3.63, 3.8) is 0 Å². The number of hydrogen-bond donors (Lipinski definition) is 3. The van der Waals surface area contributed by atoms with Crippen LogP contribution in [0.15, 0.2) is 42.5 Å². The summed E-state index contributed by atoms with van der Waals surface area (Å²) in [4.78, 5) is 26.0. The minimum atomic E-state index is -1.00. The zero-order valence-corrected chi connectivity index (χ0v) is 17.2. The zero-order valence-electron chi connectivity index (χ0n) is 16.4. The summed E-state index contributed by atoms with van der Waals surface area (Å²) >= 11 is 5.92. The van der Waals surface area contributed by atoms with E-state index in [1.165, 1.54) is 18.2 Å². The van der Waals surface area contributed by atoms with E-state index in [4.69, 9.17) is 22.4 Å². The highest BCUT2D eigenvalue weighted by Gasteiger charge is 2.34. The first-order valence-electron chi connectivity index (χ1n) is 9.73. The molecule has 2 heterocycles. The molecule has 1 aliphatic heterocycles. The van der Waals surface area contributed by atoms with Gasteiger partial charge in [0.2, 0.25) is 5.91 Å². The van der Waals surface area contributed by atoms with E-state index in [0.29, 0.717) is 25.2 Å². The topological polar surface area (TPSA) is 112 Å². The minimum Gasteiger partial charge on any atom is -0.478 e. The zero-order chi connectivity index (χ0) is 22.1. The number of nitrogens with two attached hydrogens (primary N) is 1. The Bertz CT molecular complexity index is 1150. The van der Waals surface area contributed by atoms with Gasteiger partial charge < -0.3 is 15.7 Å². The van der Waals surface area contributed by atoms with Crippen LogP contribution < -0.4 is 5.73 Å². The van der Waals surface area contributed by atoms with E-state index in [1.807, 2.05) is 0 Å². The number of aromatic amines is 1. The van der Waals surface area contributed by atoms with Gasteiger partial charge in [0, 0.05) is 16.7 Å². The van der Waals surface area contributed by atoms with Gasteiger partial charge in [0.1, 0.15) is 5.82 Å². The Balaban J connectivity index is 1.59. The first-order valence-corrected chi connectivity index (χ1v) is 10.1. The molecule has 160 valence electrons. The van der Waals surface area contributed by atoms with E-state index in [-0.39, 0.29) is 28.6 Å². The standard InChI is InChI=1S/C22H20ClFN4O3/c23-17-3-1-2-14(19(17)24)15(8-9-25)21(29)28-10-16-18(11-28)26-27-20(16)12-4-6-13(7-5-12)22(30)31/h1-7,15H,8-11,25H2,(H,26,27)(H,30,31). The predicted molar refractivity (Wildman–Crippen MR) is 113 cm³/mol. The number of H-pyrrole nitrogens is 1. The van der Waals surface area contributed by atoms with Crippen molar-refractivity contribution in [2.24, 2.45) is 5.73 Å². The molecule has 0 bridgehead atoms. The third-order valence-electron chi connectivity index (χ3n) is 5.48. The monoisotopic (exact) mass is 442 g/mol. The number of aromatic carboxylic acids is 1. The Hall–Kier alpha value is -3.23. The maximum absolute atomic E-state index is 14.6. The van der Waals surface area contributed by atoms with Crippen molar-refractivity contribution in [3.05, 3.63) is 75.7 Å². The highest BCUT2D eigenvalue weighted by molar-refractivity contribution is 6.30. The second kappa shape index (κ2) is 8.49. The Morgan fingerprint density at radius 3 is 2.65 bits per heavy atom. The van der Waals surface area contributed by atoms with E-state index in [9.17, 15) is 14.0 Å². The second-order valence-electron chi connectivity index (χ2n) is 7.38. The molecule has 0 fully saturated rings. The van der Waals surface area contributed by atoms with Crippen LogP contribution in [0.5, 0.6) is 0 Å². The summed E-state index contributed by atoms with van der Waals surface area (Å²) < 4.78 is 14.6. The smallest absolute Gasteiger partial charge is 0.335 e. The third-order valence-corrected chi connectivity index (χ3v) is 5.77. The molecule has 1 aromatic heterocycles. The number of halogens is 2. The molecule has 3 aromatic rings. The Kier molecular flexibility index (Phi) is 5.75. The van der Waals surface area contributed by atoms with Gasteiger partial charge in [-0.05, 0) is 31.2 Å². The van der Waals surface area contributed by atoms with Gasteiger partial charge in [-0.3, -0.25) is 9.89 Å². The third kappa shape index (κ3) is 3.92. The number of nitrogens with zero attached hydrogens (tertiary/aromatic N) is 2. The summed E-state index contributed by atoms with van der Waals surface area (Å²) in [6, 6.07) is 11.0. The molecular weight excluding hydrogens is 423 g/mol. The molecule has 1 unspecified atom stereocenters. The van der Waals surface area contributed by atoms with Crippen LogP contribution in [-0.4, -0.2) is 38.6 Å². The Morgan fingerprint density at radius 2 is 1.97 bits per heavy atom. The molecule has 31 heavy (non-hydrogen) atoms. The number of aromatic nitrogens is 2. The maximum atomic E-state index is 14.6. The number of fused-ring (bicyclic) bond motifs is 1. The second-order valence-corrected chi connectivity index (χ2v) is 7.79. The van der Waals surface area contributed by atoms with Crippen LogP contribution in [0.3, 0.4) is 0 Å². The Morgan fingerprint density at radius 1 is 1.23 bits per heavy atom. The lowest BCUT2D eigenvalue weighted by molar-refractivity contribution is -0.133. The molecule has 0 spiro atoms. The average Bonchev–Trinajstić information content (AvgIpc) is 3.35. The summed E-state index contributed by atoms with van der Waals surface area (Å²) in [6.45, 7) is 0.853. The number of carbonyl (C=O) groups is 2. The van der Waals surface area contributed by atoms with Crippen LogP contribution in [0.4, 0.5) is 4.39 Å². The molecule has 7 nitrogen and oxygen atoms in total. The molecule has 1 amide bonds. The van der Waals surface area contributed by atoms with Crippen molar-refractivity contribution in [1.82, 2.24) is 15.1 Å². The van der Waals surface area contributed by atoms with Gasteiger partial charge >= 0.3 is 5.97 Å². The summed E-state index contributed by atoms with van der Waals surface area (Å²) in [7, 11) is 0. The summed E-state index contributed by atoms with van der Waals surface area (Å²) in [5.41, 5.74) is 9.18. The van der Waals surface area contributed by atoms with Gasteiger partial charge in [-0.15, -0.1) is 0 Å². The van der Waals surface area contributed by atoms with E-state index in [2.05, 4.69) is 10.2 Å². The minimum absolute atomic E-state index is 0.0322. The van der Waals surface area contributed by atoms with Gasteiger partial charge in [-0.2, -0.15) is 5.10 Å². The fraction of sp³-hybridized carbons (Fsp3) is 0.227. The fourth-order valence-corrected chi connectivity index (χ4v) is 4.08. The lowest BCUT2D eigenvalue weighted by Crippen LogP contribution is -2.32. The lowest BCUT2D eigenvalue weighted by Gasteiger charge is -2.24. The number of amides is 1. The van der Waals surface area contributed by atoms with Gasteiger partial charge in [-0.1, -0.05) is 35.9 Å². The first kappa shape index (κ1) is 21.0. The van der Waals surface area contributed by atoms with Gasteiger partial charge in [0.05, 0.1) is 41.0 Å². The summed E-state index contributed by atoms with van der Waals surface area (Å²) in [5, 5.41) is 16.3. The van der Waals surface area contributed by atoms with E-state index >= 15 is 0 Å². The number of carboxylic acids is 1. The van der Waals surface area contributed by atoms with E-state index in [1.54, 1.807) is 29.2 Å². The molecule has 0 aliphatic carbocycles. The number of benzene rings is 2. The van der Waals surface area contributed by atoms with Crippen LogP contribution in [-0.2, 0) is 17.9 Å². The van der Waals surface area contributed by atoms with Crippen LogP contribution in [0, 0.1) is 5.82 Å². The molecule has 9 heteroatoms. The van der Waals surface area contributed by atoms with Crippen LogP contribution in [0.2, 0.25) is 5.02 Å². The quantitative estimate of drug-likeness (QED) is 0.540. The number of nitrogens with one attached hydrogen (secondary N) is 1. The van der Waals surface area contributed by atoms with Gasteiger partial charge in [-0.25, -0.2) is 9.18 Å². The average molecular weight is 443 g/mol. The van der Waals surface area contributed by atoms with Crippen LogP contribution in [0.1, 0.15) is 39.5 Å². The Labute approximate surface area is 182 Å². The van der Waals surface area contributed by atoms with Crippen molar-refractivity contribution in [2.75, 3.05) is 6.54 Å². The number of carbonyl (C=O) groups excluding carboxylic acids is 1. The summed E-state index contributed by atoms with van der Waals surface area (Å²) in [5.74, 6) is -2.58. The van der Waals surface area contributed by atoms with Gasteiger partial charge in [0.15, 0.2) is 0 Å². The molecule has 4 rings (SSSR count). The van der Waals surface area contributed by atoms with Crippen molar-refractivity contribution in [3.8, 4) is 11.3 Å². The number of rotatable bonds is 6. The molecule has 4 N–H and O–H groups in total. The highest BCUT2D eigenvalue weighted by atomic mass is 35.5. The molecular formula is C22H20ClFN4O3. The van der Waals surface area contributed by atoms with Crippen molar-refractivity contribution < 1.29 is 19.1 Å². The number of hydrogen-bond acceptors (Lipinski definition) is 4. The predicted octanol–water partition coefficient (Wildman–Crippen LogP) is 3.54. The SMILES string of the molecule is NCCC(C(=O)N1Cc2[nH]nc(-c3ccc(C(=O)O)cc3)c2C1)c1cccc(Cl)c1F. The fourth-order valence-electron chi connectivity index (χ4n) is 3.89. The van der Waals surface area contributed by atoms with Crippen LogP contribution in [0.25, 0.3) is 11.3 Å². The van der Waals surface area contributed by atoms with Crippen molar-refractivity contribution in [2.45, 2.75) is 25.4 Å². The highest BCUT2D eigenvalue weighted by Crippen LogP contribution is 2.34. The van der Waals surface area contributed by atoms with Crippen molar-refractivity contribution >= 4 is 23.5 Å². The first-order chi connectivity index (χ1) is 14.9.